The Bertz CT molecular complexity index is 887. The van der Waals surface area contributed by atoms with Crippen LogP contribution in [0.15, 0.2) is 47.2 Å². The summed E-state index contributed by atoms with van der Waals surface area (Å²) in [5.41, 5.74) is 0.989. The standard InChI is InChI=1S/C16H13N3O4S/c1-2-10-5-6-11(8-12(10)19(21)22)18-15(20)14-9-17-16(24-14)13-4-3-7-23-13/h3-9H,2H2,1H3,(H,18,20). The fourth-order valence-corrected chi connectivity index (χ4v) is 2.98. The van der Waals surface area contributed by atoms with Crippen LogP contribution in [0.3, 0.4) is 0 Å². The van der Waals surface area contributed by atoms with Crippen molar-refractivity contribution in [3.63, 3.8) is 0 Å². The number of nitro benzene ring substituents is 1. The number of carbonyl (C=O) groups excluding carboxylic acids is 1. The molecular formula is C16H13N3O4S. The van der Waals surface area contributed by atoms with Crippen LogP contribution in [-0.2, 0) is 6.42 Å². The van der Waals surface area contributed by atoms with E-state index < -0.39 is 4.92 Å². The molecule has 8 heteroatoms. The van der Waals surface area contributed by atoms with E-state index in [1.54, 1.807) is 24.3 Å². The average Bonchev–Trinajstić information content (AvgIpc) is 3.25. The lowest BCUT2D eigenvalue weighted by Gasteiger charge is -2.05. The molecule has 1 aromatic carbocycles. The highest BCUT2D eigenvalue weighted by Crippen LogP contribution is 2.27. The van der Waals surface area contributed by atoms with Gasteiger partial charge in [0.2, 0.25) is 0 Å². The highest BCUT2D eigenvalue weighted by molar-refractivity contribution is 7.17. The van der Waals surface area contributed by atoms with Crippen molar-refractivity contribution in [1.82, 2.24) is 4.98 Å². The van der Waals surface area contributed by atoms with Gasteiger partial charge < -0.3 is 9.73 Å². The maximum Gasteiger partial charge on any atom is 0.274 e. The first-order valence-corrected chi connectivity index (χ1v) is 7.98. The number of benzene rings is 1. The van der Waals surface area contributed by atoms with Crippen molar-refractivity contribution in [2.75, 3.05) is 5.32 Å². The first kappa shape index (κ1) is 15.9. The molecule has 0 atom stereocenters. The van der Waals surface area contributed by atoms with Crippen LogP contribution in [0.2, 0.25) is 0 Å². The number of amides is 1. The molecule has 0 saturated heterocycles. The summed E-state index contributed by atoms with van der Waals surface area (Å²) in [4.78, 5) is 27.5. The first-order chi connectivity index (χ1) is 11.6. The van der Waals surface area contributed by atoms with Crippen molar-refractivity contribution < 1.29 is 14.1 Å². The summed E-state index contributed by atoms with van der Waals surface area (Å²) in [6.07, 6.45) is 3.53. The molecule has 1 amide bonds. The van der Waals surface area contributed by atoms with E-state index in [-0.39, 0.29) is 11.6 Å². The van der Waals surface area contributed by atoms with Gasteiger partial charge in [-0.2, -0.15) is 0 Å². The number of aromatic nitrogens is 1. The third-order valence-electron chi connectivity index (χ3n) is 3.38. The minimum atomic E-state index is -0.448. The normalized spacial score (nSPS) is 10.5. The quantitative estimate of drug-likeness (QED) is 0.555. The third kappa shape index (κ3) is 3.18. The van der Waals surface area contributed by atoms with Gasteiger partial charge in [-0.1, -0.05) is 13.0 Å². The Kier molecular flexibility index (Phi) is 4.39. The van der Waals surface area contributed by atoms with Crippen LogP contribution in [0, 0.1) is 10.1 Å². The van der Waals surface area contributed by atoms with Crippen molar-refractivity contribution in [3.05, 3.63) is 63.3 Å². The number of carbonyl (C=O) groups is 1. The van der Waals surface area contributed by atoms with Gasteiger partial charge in [0.1, 0.15) is 4.88 Å². The predicted octanol–water partition coefficient (Wildman–Crippen LogP) is 4.13. The number of hydrogen-bond acceptors (Lipinski definition) is 6. The minimum Gasteiger partial charge on any atom is -0.462 e. The molecule has 2 aromatic heterocycles. The Morgan fingerprint density at radius 3 is 2.92 bits per heavy atom. The monoisotopic (exact) mass is 343 g/mol. The van der Waals surface area contributed by atoms with Crippen molar-refractivity contribution >= 4 is 28.6 Å². The molecule has 0 unspecified atom stereocenters. The molecule has 3 aromatic rings. The maximum absolute atomic E-state index is 12.3. The molecule has 0 aliphatic carbocycles. The topological polar surface area (TPSA) is 98.3 Å². The lowest BCUT2D eigenvalue weighted by atomic mass is 10.1. The van der Waals surface area contributed by atoms with Crippen LogP contribution in [0.4, 0.5) is 11.4 Å². The molecule has 0 radical (unpaired) electrons. The third-order valence-corrected chi connectivity index (χ3v) is 4.39. The highest BCUT2D eigenvalue weighted by Gasteiger charge is 2.17. The van der Waals surface area contributed by atoms with Gasteiger partial charge in [0.05, 0.1) is 17.4 Å². The molecule has 0 bridgehead atoms. The summed E-state index contributed by atoms with van der Waals surface area (Å²) in [5.74, 6) is 0.214. The van der Waals surface area contributed by atoms with Crippen molar-refractivity contribution in [1.29, 1.82) is 0 Å². The lowest BCUT2D eigenvalue weighted by Crippen LogP contribution is -2.10. The number of nitrogens with one attached hydrogen (secondary N) is 1. The number of nitro groups is 1. The number of anilines is 1. The van der Waals surface area contributed by atoms with Gasteiger partial charge in [-0.05, 0) is 24.6 Å². The number of aryl methyl sites for hydroxylation is 1. The summed E-state index contributed by atoms with van der Waals surface area (Å²) in [6.45, 7) is 1.84. The van der Waals surface area contributed by atoms with Gasteiger partial charge in [0.15, 0.2) is 10.8 Å². The summed E-state index contributed by atoms with van der Waals surface area (Å²) >= 11 is 1.19. The molecule has 0 aliphatic heterocycles. The van der Waals surface area contributed by atoms with E-state index in [1.165, 1.54) is 29.9 Å². The largest absolute Gasteiger partial charge is 0.462 e. The average molecular weight is 343 g/mol. The van der Waals surface area contributed by atoms with E-state index in [0.29, 0.717) is 33.3 Å². The zero-order valence-corrected chi connectivity index (χ0v) is 13.5. The van der Waals surface area contributed by atoms with Gasteiger partial charge in [-0.3, -0.25) is 14.9 Å². The van der Waals surface area contributed by atoms with Crippen LogP contribution >= 0.6 is 11.3 Å². The van der Waals surface area contributed by atoms with E-state index in [2.05, 4.69) is 10.3 Å². The molecule has 0 saturated carbocycles. The molecule has 0 aliphatic rings. The Balaban J connectivity index is 1.80. The summed E-state index contributed by atoms with van der Waals surface area (Å²) in [7, 11) is 0. The molecule has 122 valence electrons. The van der Waals surface area contributed by atoms with Gasteiger partial charge >= 0.3 is 0 Å². The highest BCUT2D eigenvalue weighted by atomic mass is 32.1. The van der Waals surface area contributed by atoms with Gasteiger partial charge in [0.25, 0.3) is 11.6 Å². The lowest BCUT2D eigenvalue weighted by molar-refractivity contribution is -0.385. The first-order valence-electron chi connectivity index (χ1n) is 7.17. The maximum atomic E-state index is 12.3. The zero-order chi connectivity index (χ0) is 17.1. The van der Waals surface area contributed by atoms with E-state index >= 15 is 0 Å². The van der Waals surface area contributed by atoms with Gasteiger partial charge in [0, 0.05) is 17.3 Å². The van der Waals surface area contributed by atoms with E-state index in [1.807, 2.05) is 6.92 Å². The van der Waals surface area contributed by atoms with Crippen molar-refractivity contribution in [3.8, 4) is 10.8 Å². The van der Waals surface area contributed by atoms with Crippen molar-refractivity contribution in [2.45, 2.75) is 13.3 Å². The summed E-state index contributed by atoms with van der Waals surface area (Å²) in [5, 5.41) is 14.4. The zero-order valence-electron chi connectivity index (χ0n) is 12.7. The summed E-state index contributed by atoms with van der Waals surface area (Å²) < 4.78 is 5.24. The van der Waals surface area contributed by atoms with E-state index in [0.717, 1.165) is 0 Å². The fourth-order valence-electron chi connectivity index (χ4n) is 2.20. The smallest absolute Gasteiger partial charge is 0.274 e. The number of thiazole rings is 1. The fraction of sp³-hybridized carbons (Fsp3) is 0.125. The number of hydrogen-bond donors (Lipinski definition) is 1. The van der Waals surface area contributed by atoms with Crippen LogP contribution in [-0.4, -0.2) is 15.8 Å². The molecule has 0 spiro atoms. The Morgan fingerprint density at radius 1 is 1.42 bits per heavy atom. The predicted molar refractivity (Wildman–Crippen MR) is 90.2 cm³/mol. The van der Waals surface area contributed by atoms with Gasteiger partial charge in [-0.15, -0.1) is 11.3 Å². The molecule has 1 N–H and O–H groups in total. The van der Waals surface area contributed by atoms with Crippen molar-refractivity contribution in [2.24, 2.45) is 0 Å². The number of furan rings is 1. The molecule has 2 heterocycles. The Morgan fingerprint density at radius 2 is 2.25 bits per heavy atom. The molecule has 0 fully saturated rings. The number of nitrogens with zero attached hydrogens (tertiary/aromatic N) is 2. The van der Waals surface area contributed by atoms with Crippen LogP contribution in [0.1, 0.15) is 22.2 Å². The number of rotatable bonds is 5. The second-order valence-electron chi connectivity index (χ2n) is 4.92. The van der Waals surface area contributed by atoms with E-state index in [9.17, 15) is 14.9 Å². The molecule has 7 nitrogen and oxygen atoms in total. The van der Waals surface area contributed by atoms with Crippen LogP contribution < -0.4 is 5.32 Å². The Hall–Kier alpha value is -3.00. The summed E-state index contributed by atoms with van der Waals surface area (Å²) in [6, 6.07) is 8.16. The SMILES string of the molecule is CCc1ccc(NC(=O)c2cnc(-c3ccco3)s2)cc1[N+](=O)[O-]. The second-order valence-corrected chi connectivity index (χ2v) is 5.95. The van der Waals surface area contributed by atoms with Crippen LogP contribution in [0.25, 0.3) is 10.8 Å². The molecule has 24 heavy (non-hydrogen) atoms. The Labute approximate surface area is 141 Å². The van der Waals surface area contributed by atoms with E-state index in [4.69, 9.17) is 4.42 Å². The minimum absolute atomic E-state index is 0.00382. The second kappa shape index (κ2) is 6.63. The molecular weight excluding hydrogens is 330 g/mol. The molecule has 3 rings (SSSR count). The van der Waals surface area contributed by atoms with Crippen LogP contribution in [0.5, 0.6) is 0 Å². The van der Waals surface area contributed by atoms with Gasteiger partial charge in [-0.25, -0.2) is 4.98 Å².